The molecule has 1 amide bonds. The van der Waals surface area contributed by atoms with Crippen molar-refractivity contribution in [2.75, 3.05) is 17.1 Å². The average molecular weight is 467 g/mol. The number of aryl methyl sites for hydroxylation is 1. The molecule has 0 aliphatic rings. The van der Waals surface area contributed by atoms with Gasteiger partial charge in [0.15, 0.2) is 5.78 Å². The van der Waals surface area contributed by atoms with E-state index in [2.05, 4.69) is 10.0 Å². The Morgan fingerprint density at radius 3 is 2.21 bits per heavy atom. The molecule has 8 heteroatoms. The Morgan fingerprint density at radius 2 is 1.58 bits per heavy atom. The fourth-order valence-corrected chi connectivity index (χ4v) is 4.24. The van der Waals surface area contributed by atoms with Crippen LogP contribution in [0, 0.1) is 0 Å². The number of hydrogen-bond acceptors (Lipinski definition) is 5. The number of Topliss-reactive ketones (excluding diaryl/α,β-unsaturated/α-hetero) is 1. The number of ketones is 1. The van der Waals surface area contributed by atoms with Crippen molar-refractivity contribution in [3.8, 4) is 5.75 Å². The van der Waals surface area contributed by atoms with Gasteiger partial charge in [-0.3, -0.25) is 14.3 Å². The lowest BCUT2D eigenvalue weighted by Gasteiger charge is -2.11. The molecule has 0 saturated heterocycles. The van der Waals surface area contributed by atoms with Gasteiger partial charge in [-0.05, 0) is 54.4 Å². The van der Waals surface area contributed by atoms with Gasteiger partial charge in [0.05, 0.1) is 12.0 Å². The number of rotatable bonds is 10. The number of benzene rings is 3. The molecule has 0 bridgehead atoms. The lowest BCUT2D eigenvalue weighted by molar-refractivity contribution is -0.116. The van der Waals surface area contributed by atoms with E-state index in [1.807, 2.05) is 19.1 Å². The highest BCUT2D eigenvalue weighted by atomic mass is 32.2. The third-order valence-electron chi connectivity index (χ3n) is 5.03. The van der Waals surface area contributed by atoms with E-state index in [-0.39, 0.29) is 29.4 Å². The van der Waals surface area contributed by atoms with Crippen molar-refractivity contribution in [1.29, 1.82) is 0 Å². The second kappa shape index (κ2) is 10.8. The fraction of sp³-hybridized carbons (Fsp3) is 0.200. The first-order chi connectivity index (χ1) is 15.8. The van der Waals surface area contributed by atoms with Crippen LogP contribution in [0.1, 0.15) is 35.7 Å². The summed E-state index contributed by atoms with van der Waals surface area (Å²) in [6.07, 6.45) is 0.949. The highest BCUT2D eigenvalue weighted by molar-refractivity contribution is 7.92. The van der Waals surface area contributed by atoms with Crippen LogP contribution in [0.25, 0.3) is 0 Å². The minimum atomic E-state index is -3.85. The minimum Gasteiger partial charge on any atom is -0.497 e. The van der Waals surface area contributed by atoms with Crippen molar-refractivity contribution in [3.05, 3.63) is 83.9 Å². The molecule has 0 spiro atoms. The Balaban J connectivity index is 1.60. The van der Waals surface area contributed by atoms with Gasteiger partial charge in [0.25, 0.3) is 10.0 Å². The number of sulfonamides is 1. The Labute approximate surface area is 193 Å². The predicted octanol–water partition coefficient (Wildman–Crippen LogP) is 4.66. The average Bonchev–Trinajstić information content (AvgIpc) is 2.83. The summed E-state index contributed by atoms with van der Waals surface area (Å²) in [5.74, 6) is 0.123. The molecule has 172 valence electrons. The van der Waals surface area contributed by atoms with E-state index in [1.54, 1.807) is 48.5 Å². The molecule has 3 rings (SSSR count). The molecule has 3 aromatic carbocycles. The maximum absolute atomic E-state index is 12.7. The van der Waals surface area contributed by atoms with Crippen molar-refractivity contribution >= 4 is 33.1 Å². The van der Waals surface area contributed by atoms with Crippen LogP contribution in [-0.2, 0) is 21.2 Å². The van der Waals surface area contributed by atoms with Crippen molar-refractivity contribution in [1.82, 2.24) is 0 Å². The van der Waals surface area contributed by atoms with Crippen LogP contribution in [0.2, 0.25) is 0 Å². The molecule has 0 atom stereocenters. The van der Waals surface area contributed by atoms with E-state index in [0.717, 1.165) is 12.0 Å². The van der Waals surface area contributed by atoms with Gasteiger partial charge in [0.2, 0.25) is 5.91 Å². The molecule has 0 fully saturated rings. The summed E-state index contributed by atoms with van der Waals surface area (Å²) in [6, 6.07) is 19.8. The molecule has 0 radical (unpaired) electrons. The smallest absolute Gasteiger partial charge is 0.261 e. The molecule has 2 N–H and O–H groups in total. The minimum absolute atomic E-state index is 0.00297. The van der Waals surface area contributed by atoms with Gasteiger partial charge in [0, 0.05) is 29.8 Å². The molecule has 0 unspecified atom stereocenters. The van der Waals surface area contributed by atoms with Gasteiger partial charge in [0.1, 0.15) is 5.75 Å². The number of hydrogen-bond donors (Lipinski definition) is 2. The number of methoxy groups -OCH3 is 1. The molecule has 0 aliphatic carbocycles. The fourth-order valence-electron chi connectivity index (χ4n) is 3.14. The van der Waals surface area contributed by atoms with Gasteiger partial charge >= 0.3 is 0 Å². The molecule has 0 saturated carbocycles. The van der Waals surface area contributed by atoms with Gasteiger partial charge in [-0.1, -0.05) is 37.3 Å². The number of carbonyl (C=O) groups is 2. The van der Waals surface area contributed by atoms with Gasteiger partial charge in [-0.25, -0.2) is 8.42 Å². The highest BCUT2D eigenvalue weighted by Crippen LogP contribution is 2.21. The second-order valence-corrected chi connectivity index (χ2v) is 9.07. The zero-order chi connectivity index (χ0) is 23.8. The molecular formula is C25H26N2O5S. The highest BCUT2D eigenvalue weighted by Gasteiger charge is 2.16. The molecule has 0 heterocycles. The summed E-state index contributed by atoms with van der Waals surface area (Å²) in [7, 11) is -2.33. The quantitative estimate of drug-likeness (QED) is 0.423. The van der Waals surface area contributed by atoms with Crippen LogP contribution >= 0.6 is 0 Å². The summed E-state index contributed by atoms with van der Waals surface area (Å²) in [4.78, 5) is 24.6. The first-order valence-corrected chi connectivity index (χ1v) is 12.0. The predicted molar refractivity (Wildman–Crippen MR) is 128 cm³/mol. The summed E-state index contributed by atoms with van der Waals surface area (Å²) in [5, 5.41) is 2.66. The topological polar surface area (TPSA) is 102 Å². The SMILES string of the molecule is CCc1ccc(C(=O)CCC(=O)Nc2cccc(S(=O)(=O)Nc3ccc(OC)cc3)c2)cc1. The Bertz CT molecular complexity index is 1220. The summed E-state index contributed by atoms with van der Waals surface area (Å²) in [5.41, 5.74) is 2.42. The molecule has 7 nitrogen and oxygen atoms in total. The van der Waals surface area contributed by atoms with E-state index in [4.69, 9.17) is 4.74 Å². The monoisotopic (exact) mass is 466 g/mol. The van der Waals surface area contributed by atoms with Crippen LogP contribution in [0.15, 0.2) is 77.7 Å². The number of amides is 1. The van der Waals surface area contributed by atoms with Crippen molar-refractivity contribution in [3.63, 3.8) is 0 Å². The van der Waals surface area contributed by atoms with E-state index >= 15 is 0 Å². The zero-order valence-electron chi connectivity index (χ0n) is 18.5. The van der Waals surface area contributed by atoms with Crippen LogP contribution < -0.4 is 14.8 Å². The van der Waals surface area contributed by atoms with Crippen LogP contribution in [0.3, 0.4) is 0 Å². The lowest BCUT2D eigenvalue weighted by atomic mass is 10.0. The van der Waals surface area contributed by atoms with E-state index in [1.165, 1.54) is 19.2 Å². The molecule has 0 aliphatic heterocycles. The maximum atomic E-state index is 12.7. The largest absolute Gasteiger partial charge is 0.497 e. The lowest BCUT2D eigenvalue weighted by Crippen LogP contribution is -2.15. The number of nitrogens with one attached hydrogen (secondary N) is 2. The van der Waals surface area contributed by atoms with Crippen LogP contribution in [0.4, 0.5) is 11.4 Å². The molecular weight excluding hydrogens is 440 g/mol. The number of ether oxygens (including phenoxy) is 1. The number of anilines is 2. The third-order valence-corrected chi connectivity index (χ3v) is 6.41. The van der Waals surface area contributed by atoms with Gasteiger partial charge in [-0.2, -0.15) is 0 Å². The van der Waals surface area contributed by atoms with Crippen molar-refractivity contribution in [2.45, 2.75) is 31.1 Å². The Morgan fingerprint density at radius 1 is 0.879 bits per heavy atom. The van der Waals surface area contributed by atoms with Crippen LogP contribution in [0.5, 0.6) is 5.75 Å². The van der Waals surface area contributed by atoms with Gasteiger partial charge < -0.3 is 10.1 Å². The van der Waals surface area contributed by atoms with Gasteiger partial charge in [-0.15, -0.1) is 0 Å². The summed E-state index contributed by atoms with van der Waals surface area (Å²) in [6.45, 7) is 2.04. The van der Waals surface area contributed by atoms with E-state index in [0.29, 0.717) is 22.7 Å². The first kappa shape index (κ1) is 24.0. The Kier molecular flexibility index (Phi) is 7.84. The van der Waals surface area contributed by atoms with E-state index in [9.17, 15) is 18.0 Å². The maximum Gasteiger partial charge on any atom is 0.261 e. The second-order valence-electron chi connectivity index (χ2n) is 7.38. The normalized spacial score (nSPS) is 11.0. The van der Waals surface area contributed by atoms with Crippen LogP contribution in [-0.4, -0.2) is 27.2 Å². The number of carbonyl (C=O) groups excluding carboxylic acids is 2. The standard InChI is InChI=1S/C25H26N2O5S/c1-3-18-7-9-19(10-8-18)24(28)15-16-25(29)26-21-5-4-6-23(17-21)33(30,31)27-20-11-13-22(32-2)14-12-20/h4-14,17,27H,3,15-16H2,1-2H3,(H,26,29). The third kappa shape index (κ3) is 6.66. The summed E-state index contributed by atoms with van der Waals surface area (Å²) < 4.78 is 33.0. The van der Waals surface area contributed by atoms with Crippen molar-refractivity contribution < 1.29 is 22.7 Å². The molecule has 3 aromatic rings. The Hall–Kier alpha value is -3.65. The zero-order valence-corrected chi connectivity index (χ0v) is 19.3. The van der Waals surface area contributed by atoms with E-state index < -0.39 is 10.0 Å². The summed E-state index contributed by atoms with van der Waals surface area (Å²) >= 11 is 0. The van der Waals surface area contributed by atoms with Crippen molar-refractivity contribution in [2.24, 2.45) is 0 Å². The molecule has 33 heavy (non-hydrogen) atoms. The first-order valence-electron chi connectivity index (χ1n) is 10.5. The molecule has 0 aromatic heterocycles.